The van der Waals surface area contributed by atoms with Crippen LogP contribution >= 0.6 is 12.6 Å². The first-order valence-electron chi connectivity index (χ1n) is 4.21. The topological polar surface area (TPSA) is 36.3 Å². The van der Waals surface area contributed by atoms with Gasteiger partial charge in [0.1, 0.15) is 0 Å². The van der Waals surface area contributed by atoms with E-state index in [1.165, 1.54) is 0 Å². The minimum absolute atomic E-state index is 0.223. The molecule has 0 aromatic carbocycles. The Labute approximate surface area is 78.7 Å². The summed E-state index contributed by atoms with van der Waals surface area (Å²) in [4.78, 5) is 2.26. The van der Waals surface area contributed by atoms with Crippen LogP contribution in [0.5, 0.6) is 0 Å². The van der Waals surface area contributed by atoms with Crippen LogP contribution in [0.3, 0.4) is 0 Å². The summed E-state index contributed by atoms with van der Waals surface area (Å²) in [6.45, 7) is 3.42. The molecule has 12 heavy (non-hydrogen) atoms. The smallest absolute Gasteiger partial charge is 0.156 e. The number of nitriles is 1. The molecule has 0 radical (unpaired) electrons. The lowest BCUT2D eigenvalue weighted by Gasteiger charge is -2.29. The van der Waals surface area contributed by atoms with Crippen molar-refractivity contribution in [2.75, 3.05) is 32.0 Å². The van der Waals surface area contributed by atoms with Crippen LogP contribution in [0.1, 0.15) is 6.42 Å². The first-order valence-corrected chi connectivity index (χ1v) is 4.84. The van der Waals surface area contributed by atoms with Crippen molar-refractivity contribution >= 4 is 12.6 Å². The summed E-state index contributed by atoms with van der Waals surface area (Å²) in [6, 6.07) is 2.13. The number of rotatable bonds is 3. The molecule has 0 aromatic heterocycles. The molecular formula is C8H14N2OS. The molecule has 1 fully saturated rings. The largest absolute Gasteiger partial charge is 0.361 e. The van der Waals surface area contributed by atoms with Gasteiger partial charge in [-0.3, -0.25) is 4.90 Å². The molecule has 1 aliphatic heterocycles. The number of ether oxygens (including phenoxy) is 1. The predicted molar refractivity (Wildman–Crippen MR) is 50.3 cm³/mol. The third-order valence-corrected chi connectivity index (χ3v) is 2.24. The van der Waals surface area contributed by atoms with E-state index in [9.17, 15) is 0 Å². The van der Waals surface area contributed by atoms with Crippen molar-refractivity contribution in [1.82, 2.24) is 4.90 Å². The number of hydrogen-bond donors (Lipinski definition) is 1. The van der Waals surface area contributed by atoms with Crippen molar-refractivity contribution in [3.63, 3.8) is 0 Å². The van der Waals surface area contributed by atoms with Crippen molar-refractivity contribution in [2.45, 2.75) is 12.5 Å². The molecule has 0 N–H and O–H groups in total. The molecule has 0 saturated carbocycles. The maximum Gasteiger partial charge on any atom is 0.156 e. The molecule has 0 bridgehead atoms. The minimum atomic E-state index is -0.223. The van der Waals surface area contributed by atoms with Gasteiger partial charge in [0, 0.05) is 13.1 Å². The summed E-state index contributed by atoms with van der Waals surface area (Å²) in [5.41, 5.74) is 0. The van der Waals surface area contributed by atoms with Crippen LogP contribution in [0.15, 0.2) is 0 Å². The van der Waals surface area contributed by atoms with Gasteiger partial charge in [0.15, 0.2) is 6.10 Å². The number of thiol groups is 1. The zero-order chi connectivity index (χ0) is 8.81. The fourth-order valence-electron chi connectivity index (χ4n) is 1.28. The Bertz CT molecular complexity index is 169. The molecule has 0 aliphatic carbocycles. The molecule has 4 heteroatoms. The first kappa shape index (κ1) is 9.85. The van der Waals surface area contributed by atoms with E-state index in [4.69, 9.17) is 10.00 Å². The fourth-order valence-corrected chi connectivity index (χ4v) is 1.42. The molecule has 1 heterocycles. The van der Waals surface area contributed by atoms with Crippen LogP contribution in [0.25, 0.3) is 0 Å². The molecule has 68 valence electrons. The van der Waals surface area contributed by atoms with E-state index in [1.807, 2.05) is 0 Å². The van der Waals surface area contributed by atoms with Crippen LogP contribution in [-0.2, 0) is 4.74 Å². The first-order chi connectivity index (χ1) is 5.86. The van der Waals surface area contributed by atoms with Crippen LogP contribution in [0.4, 0.5) is 0 Å². The Balaban J connectivity index is 2.22. The maximum atomic E-state index is 8.62. The normalized spacial score (nSPS) is 25.2. The Morgan fingerprint density at radius 2 is 2.50 bits per heavy atom. The highest BCUT2D eigenvalue weighted by Crippen LogP contribution is 2.04. The van der Waals surface area contributed by atoms with E-state index in [0.29, 0.717) is 6.61 Å². The van der Waals surface area contributed by atoms with Gasteiger partial charge in [0.05, 0.1) is 12.7 Å². The van der Waals surface area contributed by atoms with Gasteiger partial charge in [-0.2, -0.15) is 17.9 Å². The summed E-state index contributed by atoms with van der Waals surface area (Å²) in [6.07, 6.45) is 0.861. The predicted octanol–water partition coefficient (Wildman–Crippen LogP) is 0.531. The van der Waals surface area contributed by atoms with Gasteiger partial charge in [-0.25, -0.2) is 0 Å². The Morgan fingerprint density at radius 1 is 1.67 bits per heavy atom. The third kappa shape index (κ3) is 3.02. The standard InChI is InChI=1S/C8H14N2OS/c9-6-8-7-10(2-1-5-12)3-4-11-8/h8,12H,1-5,7H2. The van der Waals surface area contributed by atoms with Gasteiger partial charge in [-0.15, -0.1) is 0 Å². The van der Waals surface area contributed by atoms with Crippen LogP contribution in [0.2, 0.25) is 0 Å². The van der Waals surface area contributed by atoms with E-state index in [1.54, 1.807) is 0 Å². The Hall–Kier alpha value is -0.240. The van der Waals surface area contributed by atoms with Gasteiger partial charge in [0.2, 0.25) is 0 Å². The van der Waals surface area contributed by atoms with Gasteiger partial charge in [-0.05, 0) is 18.7 Å². The van der Waals surface area contributed by atoms with Gasteiger partial charge in [-0.1, -0.05) is 0 Å². The molecule has 1 aliphatic rings. The molecule has 0 amide bonds. The van der Waals surface area contributed by atoms with Crippen molar-refractivity contribution < 1.29 is 4.74 Å². The SMILES string of the molecule is N#CC1CN(CCCS)CCO1. The van der Waals surface area contributed by atoms with Crippen molar-refractivity contribution in [3.8, 4) is 6.07 Å². The van der Waals surface area contributed by atoms with E-state index < -0.39 is 0 Å². The highest BCUT2D eigenvalue weighted by Gasteiger charge is 2.18. The molecule has 0 aromatic rings. The van der Waals surface area contributed by atoms with Crippen LogP contribution in [-0.4, -0.2) is 43.0 Å². The number of nitrogens with zero attached hydrogens (tertiary/aromatic N) is 2. The van der Waals surface area contributed by atoms with E-state index in [-0.39, 0.29) is 6.10 Å². The summed E-state index contributed by atoms with van der Waals surface area (Å²) in [5, 5.41) is 8.62. The lowest BCUT2D eigenvalue weighted by Crippen LogP contribution is -2.42. The second-order valence-corrected chi connectivity index (χ2v) is 3.31. The van der Waals surface area contributed by atoms with Crippen LogP contribution < -0.4 is 0 Å². The molecule has 3 nitrogen and oxygen atoms in total. The second kappa shape index (κ2) is 5.41. The summed E-state index contributed by atoms with van der Waals surface area (Å²) < 4.78 is 5.22. The van der Waals surface area contributed by atoms with Crippen LogP contribution in [0, 0.1) is 11.3 Å². The Morgan fingerprint density at radius 3 is 3.17 bits per heavy atom. The van der Waals surface area contributed by atoms with Crippen molar-refractivity contribution in [1.29, 1.82) is 5.26 Å². The molecule has 0 spiro atoms. The molecule has 1 atom stereocenters. The zero-order valence-electron chi connectivity index (χ0n) is 7.07. The van der Waals surface area contributed by atoms with Crippen molar-refractivity contribution in [3.05, 3.63) is 0 Å². The molecular weight excluding hydrogens is 172 g/mol. The highest BCUT2D eigenvalue weighted by molar-refractivity contribution is 7.80. The van der Waals surface area contributed by atoms with E-state index >= 15 is 0 Å². The van der Waals surface area contributed by atoms with Gasteiger partial charge >= 0.3 is 0 Å². The maximum absolute atomic E-state index is 8.62. The average Bonchev–Trinajstić information content (AvgIpc) is 2.15. The molecule has 1 saturated heterocycles. The summed E-state index contributed by atoms with van der Waals surface area (Å²) >= 11 is 4.14. The van der Waals surface area contributed by atoms with E-state index in [2.05, 4.69) is 23.6 Å². The Kier molecular flexibility index (Phi) is 4.44. The lowest BCUT2D eigenvalue weighted by molar-refractivity contribution is 0.000805. The monoisotopic (exact) mass is 186 g/mol. The summed E-state index contributed by atoms with van der Waals surface area (Å²) in [5.74, 6) is 0.911. The summed E-state index contributed by atoms with van der Waals surface area (Å²) in [7, 11) is 0. The fraction of sp³-hybridized carbons (Fsp3) is 0.875. The molecule has 1 rings (SSSR count). The van der Waals surface area contributed by atoms with Gasteiger partial charge < -0.3 is 4.74 Å². The van der Waals surface area contributed by atoms with Crippen molar-refractivity contribution in [2.24, 2.45) is 0 Å². The lowest BCUT2D eigenvalue weighted by atomic mass is 10.3. The second-order valence-electron chi connectivity index (χ2n) is 2.87. The number of morpholine rings is 1. The zero-order valence-corrected chi connectivity index (χ0v) is 7.96. The minimum Gasteiger partial charge on any atom is -0.361 e. The van der Waals surface area contributed by atoms with E-state index in [0.717, 1.165) is 31.8 Å². The average molecular weight is 186 g/mol. The number of hydrogen-bond acceptors (Lipinski definition) is 4. The highest BCUT2D eigenvalue weighted by atomic mass is 32.1. The quantitative estimate of drug-likeness (QED) is 0.653. The molecule has 1 unspecified atom stereocenters. The third-order valence-electron chi connectivity index (χ3n) is 1.93. The van der Waals surface area contributed by atoms with Gasteiger partial charge in [0.25, 0.3) is 0 Å².